The van der Waals surface area contributed by atoms with Crippen LogP contribution in [-0.4, -0.2) is 18.1 Å². The average Bonchev–Trinajstić information content (AvgIpc) is 2.89. The number of aliphatic hydroxyl groups excluding tert-OH is 1. The first kappa shape index (κ1) is 14.6. The standard InChI is InChI=1S/C15H17NO3S/c1-10-6-7-20-13(10)9-16-15(18)14(17)11-4-3-5-12(8-11)19-2/h3-8,14,17H,9H2,1-2H3,(H,16,18). The minimum Gasteiger partial charge on any atom is -0.497 e. The zero-order valence-corrected chi connectivity index (χ0v) is 12.2. The quantitative estimate of drug-likeness (QED) is 0.889. The van der Waals surface area contributed by atoms with E-state index in [1.807, 2.05) is 18.4 Å². The number of carbonyl (C=O) groups is 1. The molecule has 0 aliphatic heterocycles. The lowest BCUT2D eigenvalue weighted by Crippen LogP contribution is -2.28. The monoisotopic (exact) mass is 291 g/mol. The van der Waals surface area contributed by atoms with Gasteiger partial charge in [0.25, 0.3) is 5.91 Å². The van der Waals surface area contributed by atoms with E-state index in [0.29, 0.717) is 17.9 Å². The van der Waals surface area contributed by atoms with Crippen LogP contribution < -0.4 is 10.1 Å². The lowest BCUT2D eigenvalue weighted by Gasteiger charge is -2.12. The molecule has 1 amide bonds. The maximum atomic E-state index is 12.0. The van der Waals surface area contributed by atoms with Crippen LogP contribution in [0.15, 0.2) is 35.7 Å². The summed E-state index contributed by atoms with van der Waals surface area (Å²) in [6.07, 6.45) is -1.19. The number of aliphatic hydroxyl groups is 1. The van der Waals surface area contributed by atoms with Crippen molar-refractivity contribution in [2.75, 3.05) is 7.11 Å². The zero-order valence-electron chi connectivity index (χ0n) is 11.4. The van der Waals surface area contributed by atoms with E-state index in [1.54, 1.807) is 42.7 Å². The number of methoxy groups -OCH3 is 1. The number of nitrogens with one attached hydrogen (secondary N) is 1. The van der Waals surface area contributed by atoms with Gasteiger partial charge < -0.3 is 15.2 Å². The average molecular weight is 291 g/mol. The van der Waals surface area contributed by atoms with Crippen LogP contribution in [0.4, 0.5) is 0 Å². The molecule has 0 saturated heterocycles. The summed E-state index contributed by atoms with van der Waals surface area (Å²) >= 11 is 1.59. The molecule has 1 aromatic carbocycles. The molecule has 20 heavy (non-hydrogen) atoms. The molecule has 2 rings (SSSR count). The van der Waals surface area contributed by atoms with Gasteiger partial charge in [-0.3, -0.25) is 4.79 Å². The minimum absolute atomic E-state index is 0.411. The van der Waals surface area contributed by atoms with Crippen molar-refractivity contribution in [2.24, 2.45) is 0 Å². The molecule has 1 heterocycles. The van der Waals surface area contributed by atoms with E-state index in [0.717, 1.165) is 10.4 Å². The number of ether oxygens (including phenoxy) is 1. The summed E-state index contributed by atoms with van der Waals surface area (Å²) in [7, 11) is 1.55. The van der Waals surface area contributed by atoms with Gasteiger partial charge in [0.05, 0.1) is 13.7 Å². The lowest BCUT2D eigenvalue weighted by atomic mass is 10.1. The van der Waals surface area contributed by atoms with Crippen LogP contribution >= 0.6 is 11.3 Å². The minimum atomic E-state index is -1.19. The van der Waals surface area contributed by atoms with Gasteiger partial charge in [-0.05, 0) is 41.6 Å². The van der Waals surface area contributed by atoms with E-state index in [2.05, 4.69) is 5.32 Å². The summed E-state index contributed by atoms with van der Waals surface area (Å²) in [6.45, 7) is 2.43. The highest BCUT2D eigenvalue weighted by atomic mass is 32.1. The largest absolute Gasteiger partial charge is 0.497 e. The van der Waals surface area contributed by atoms with Gasteiger partial charge in [0, 0.05) is 4.88 Å². The molecule has 1 aromatic heterocycles. The van der Waals surface area contributed by atoms with Crippen molar-refractivity contribution in [3.05, 3.63) is 51.7 Å². The second kappa shape index (κ2) is 6.54. The molecule has 0 aliphatic rings. The zero-order chi connectivity index (χ0) is 14.5. The topological polar surface area (TPSA) is 58.6 Å². The predicted molar refractivity (Wildman–Crippen MR) is 78.9 cm³/mol. The van der Waals surface area contributed by atoms with Crippen molar-refractivity contribution in [3.63, 3.8) is 0 Å². The fraction of sp³-hybridized carbons (Fsp3) is 0.267. The van der Waals surface area contributed by atoms with Crippen LogP contribution in [0, 0.1) is 6.92 Å². The van der Waals surface area contributed by atoms with E-state index in [4.69, 9.17) is 4.74 Å². The molecule has 1 unspecified atom stereocenters. The second-order valence-corrected chi connectivity index (χ2v) is 5.42. The molecule has 0 fully saturated rings. The number of hydrogen-bond donors (Lipinski definition) is 2. The Labute approximate surface area is 122 Å². The van der Waals surface area contributed by atoms with Crippen molar-refractivity contribution < 1.29 is 14.6 Å². The number of thiophene rings is 1. The third-order valence-electron chi connectivity index (χ3n) is 3.05. The first-order valence-corrected chi connectivity index (χ1v) is 7.12. The maximum Gasteiger partial charge on any atom is 0.253 e. The smallest absolute Gasteiger partial charge is 0.253 e. The number of hydrogen-bond acceptors (Lipinski definition) is 4. The molecular formula is C15H17NO3S. The van der Waals surface area contributed by atoms with Crippen molar-refractivity contribution >= 4 is 17.2 Å². The Morgan fingerprint density at radius 1 is 1.45 bits per heavy atom. The Balaban J connectivity index is 1.99. The first-order chi connectivity index (χ1) is 9.61. The summed E-state index contributed by atoms with van der Waals surface area (Å²) < 4.78 is 5.08. The third-order valence-corrected chi connectivity index (χ3v) is 4.07. The van der Waals surface area contributed by atoms with Crippen molar-refractivity contribution in [1.82, 2.24) is 5.32 Å². The molecule has 0 saturated carbocycles. The maximum absolute atomic E-state index is 12.0. The molecular weight excluding hydrogens is 274 g/mol. The van der Waals surface area contributed by atoms with E-state index in [1.165, 1.54) is 0 Å². The number of rotatable bonds is 5. The second-order valence-electron chi connectivity index (χ2n) is 4.42. The van der Waals surface area contributed by atoms with Crippen molar-refractivity contribution in [2.45, 2.75) is 19.6 Å². The van der Waals surface area contributed by atoms with Gasteiger partial charge in [-0.15, -0.1) is 11.3 Å². The fourth-order valence-corrected chi connectivity index (χ4v) is 2.66. The summed E-state index contributed by atoms with van der Waals surface area (Å²) in [5.41, 5.74) is 1.66. The molecule has 4 nitrogen and oxygen atoms in total. The van der Waals surface area contributed by atoms with Crippen LogP contribution in [-0.2, 0) is 11.3 Å². The van der Waals surface area contributed by atoms with Gasteiger partial charge in [0.2, 0.25) is 0 Å². The van der Waals surface area contributed by atoms with E-state index in [-0.39, 0.29) is 0 Å². The molecule has 5 heteroatoms. The van der Waals surface area contributed by atoms with Gasteiger partial charge in [-0.25, -0.2) is 0 Å². The summed E-state index contributed by atoms with van der Waals surface area (Å²) in [6, 6.07) is 8.87. The van der Waals surface area contributed by atoms with Crippen molar-refractivity contribution in [1.29, 1.82) is 0 Å². The van der Waals surface area contributed by atoms with Gasteiger partial charge >= 0.3 is 0 Å². The Bertz CT molecular complexity index is 594. The molecule has 0 aliphatic carbocycles. The Morgan fingerprint density at radius 3 is 2.90 bits per heavy atom. The number of aryl methyl sites for hydroxylation is 1. The van der Waals surface area contributed by atoms with Gasteiger partial charge in [0.15, 0.2) is 6.10 Å². The molecule has 1 atom stereocenters. The molecule has 2 aromatic rings. The van der Waals surface area contributed by atoms with E-state index >= 15 is 0 Å². The third kappa shape index (κ3) is 3.37. The Morgan fingerprint density at radius 2 is 2.25 bits per heavy atom. The predicted octanol–water partition coefficient (Wildman–Crippen LogP) is 2.41. The Hall–Kier alpha value is -1.85. The van der Waals surface area contributed by atoms with Crippen LogP contribution in [0.5, 0.6) is 5.75 Å². The summed E-state index contributed by atoms with van der Waals surface area (Å²) in [4.78, 5) is 13.0. The lowest BCUT2D eigenvalue weighted by molar-refractivity contribution is -0.129. The highest BCUT2D eigenvalue weighted by molar-refractivity contribution is 7.10. The summed E-state index contributed by atoms with van der Waals surface area (Å²) in [5.74, 6) is 0.203. The molecule has 0 spiro atoms. The van der Waals surface area contributed by atoms with Crippen molar-refractivity contribution in [3.8, 4) is 5.75 Å². The van der Waals surface area contributed by atoms with E-state index < -0.39 is 12.0 Å². The molecule has 0 radical (unpaired) electrons. The first-order valence-electron chi connectivity index (χ1n) is 6.24. The highest BCUT2D eigenvalue weighted by Crippen LogP contribution is 2.20. The van der Waals surface area contributed by atoms with Crippen LogP contribution in [0.2, 0.25) is 0 Å². The number of amides is 1. The molecule has 0 bridgehead atoms. The highest BCUT2D eigenvalue weighted by Gasteiger charge is 2.17. The number of benzene rings is 1. The van der Waals surface area contributed by atoms with Crippen LogP contribution in [0.1, 0.15) is 22.1 Å². The van der Waals surface area contributed by atoms with Gasteiger partial charge in [-0.2, -0.15) is 0 Å². The SMILES string of the molecule is COc1cccc(C(O)C(=O)NCc2sccc2C)c1. The molecule has 2 N–H and O–H groups in total. The summed E-state index contributed by atoms with van der Waals surface area (Å²) in [5, 5.41) is 14.8. The van der Waals surface area contributed by atoms with Crippen LogP contribution in [0.3, 0.4) is 0 Å². The Kier molecular flexibility index (Phi) is 4.76. The normalized spacial score (nSPS) is 11.9. The van der Waals surface area contributed by atoms with Gasteiger partial charge in [0.1, 0.15) is 5.75 Å². The van der Waals surface area contributed by atoms with Gasteiger partial charge in [-0.1, -0.05) is 12.1 Å². The van der Waals surface area contributed by atoms with Crippen LogP contribution in [0.25, 0.3) is 0 Å². The fourth-order valence-electron chi connectivity index (χ4n) is 1.81. The van der Waals surface area contributed by atoms with E-state index in [9.17, 15) is 9.90 Å². The number of carbonyl (C=O) groups excluding carboxylic acids is 1. The molecule has 106 valence electrons.